The lowest BCUT2D eigenvalue weighted by atomic mass is 10.2. The van der Waals surface area contributed by atoms with Gasteiger partial charge in [-0.15, -0.1) is 0 Å². The summed E-state index contributed by atoms with van der Waals surface area (Å²) in [5.41, 5.74) is 0.468. The van der Waals surface area contributed by atoms with Gasteiger partial charge in [-0.25, -0.2) is 12.8 Å². The van der Waals surface area contributed by atoms with Crippen molar-refractivity contribution in [2.45, 2.75) is 25.9 Å². The SMILES string of the molecule is Cc1cc(Br)c(F)cc1NS(=O)(=O)CCCC(F)(F)F. The maximum Gasteiger partial charge on any atom is 0.389 e. The van der Waals surface area contributed by atoms with Gasteiger partial charge in [0, 0.05) is 6.42 Å². The summed E-state index contributed by atoms with van der Waals surface area (Å²) >= 11 is 2.95. The van der Waals surface area contributed by atoms with Crippen molar-refractivity contribution in [3.8, 4) is 0 Å². The van der Waals surface area contributed by atoms with Crippen molar-refractivity contribution < 1.29 is 26.0 Å². The smallest absolute Gasteiger partial charge is 0.283 e. The number of anilines is 1. The quantitative estimate of drug-likeness (QED) is 0.788. The molecular formula is C11H12BrF4NO2S. The van der Waals surface area contributed by atoms with E-state index in [0.717, 1.165) is 6.07 Å². The van der Waals surface area contributed by atoms with Gasteiger partial charge in [0.2, 0.25) is 10.0 Å². The molecule has 0 atom stereocenters. The minimum atomic E-state index is -4.39. The third-order valence-corrected chi connectivity index (χ3v) is 4.37. The van der Waals surface area contributed by atoms with Crippen LogP contribution in [0.1, 0.15) is 18.4 Å². The van der Waals surface area contributed by atoms with Gasteiger partial charge < -0.3 is 0 Å². The van der Waals surface area contributed by atoms with Crippen LogP contribution in [0.2, 0.25) is 0 Å². The molecule has 0 spiro atoms. The van der Waals surface area contributed by atoms with Crippen LogP contribution >= 0.6 is 15.9 Å². The molecule has 1 aromatic carbocycles. The van der Waals surface area contributed by atoms with Gasteiger partial charge in [0.1, 0.15) is 5.82 Å². The first-order chi connectivity index (χ1) is 9.00. The Kier molecular flexibility index (Phi) is 5.42. The number of nitrogens with one attached hydrogen (secondary N) is 1. The number of halogens is 5. The van der Waals surface area contributed by atoms with E-state index in [4.69, 9.17) is 0 Å². The Labute approximate surface area is 122 Å². The van der Waals surface area contributed by atoms with E-state index >= 15 is 0 Å². The molecule has 0 heterocycles. The number of hydrogen-bond donors (Lipinski definition) is 1. The zero-order chi connectivity index (χ0) is 15.6. The Bertz CT molecular complexity index is 587. The lowest BCUT2D eigenvalue weighted by Gasteiger charge is -2.12. The lowest BCUT2D eigenvalue weighted by Crippen LogP contribution is -2.19. The molecule has 20 heavy (non-hydrogen) atoms. The summed E-state index contributed by atoms with van der Waals surface area (Å²) in [4.78, 5) is 0. The summed E-state index contributed by atoms with van der Waals surface area (Å²) in [6, 6.07) is 2.35. The second-order valence-corrected chi connectivity index (χ2v) is 6.92. The van der Waals surface area contributed by atoms with E-state index in [-0.39, 0.29) is 10.2 Å². The molecule has 0 aromatic heterocycles. The number of rotatable bonds is 5. The third kappa shape index (κ3) is 5.66. The van der Waals surface area contributed by atoms with Gasteiger partial charge in [-0.3, -0.25) is 4.72 Å². The van der Waals surface area contributed by atoms with Crippen LogP contribution in [-0.2, 0) is 10.0 Å². The van der Waals surface area contributed by atoms with Gasteiger partial charge in [0.25, 0.3) is 0 Å². The molecular weight excluding hydrogens is 366 g/mol. The van der Waals surface area contributed by atoms with E-state index in [1.807, 2.05) is 0 Å². The number of hydrogen-bond acceptors (Lipinski definition) is 2. The van der Waals surface area contributed by atoms with Gasteiger partial charge in [-0.1, -0.05) is 0 Å². The van der Waals surface area contributed by atoms with E-state index in [9.17, 15) is 26.0 Å². The Morgan fingerprint density at radius 1 is 1.30 bits per heavy atom. The fraction of sp³-hybridized carbons (Fsp3) is 0.455. The molecule has 0 aliphatic heterocycles. The predicted octanol–water partition coefficient (Wildman–Crippen LogP) is 3.98. The zero-order valence-corrected chi connectivity index (χ0v) is 12.8. The summed E-state index contributed by atoms with van der Waals surface area (Å²) < 4.78 is 74.7. The van der Waals surface area contributed by atoms with E-state index in [1.54, 1.807) is 6.92 Å². The van der Waals surface area contributed by atoms with Gasteiger partial charge in [-0.2, -0.15) is 13.2 Å². The normalized spacial score (nSPS) is 12.5. The molecule has 1 N–H and O–H groups in total. The molecule has 0 aliphatic rings. The molecule has 0 bridgehead atoms. The van der Waals surface area contributed by atoms with Crippen LogP contribution in [0.3, 0.4) is 0 Å². The van der Waals surface area contributed by atoms with Gasteiger partial charge >= 0.3 is 6.18 Å². The van der Waals surface area contributed by atoms with Crippen molar-refractivity contribution in [2.75, 3.05) is 10.5 Å². The lowest BCUT2D eigenvalue weighted by molar-refractivity contribution is -0.134. The Morgan fingerprint density at radius 2 is 1.90 bits per heavy atom. The second kappa shape index (κ2) is 6.30. The summed E-state index contributed by atoms with van der Waals surface area (Å²) in [5.74, 6) is -1.34. The van der Waals surface area contributed by atoms with Crippen molar-refractivity contribution >= 4 is 31.6 Å². The highest BCUT2D eigenvalue weighted by Gasteiger charge is 2.27. The molecule has 1 aromatic rings. The largest absolute Gasteiger partial charge is 0.389 e. The van der Waals surface area contributed by atoms with Gasteiger partial charge in [0.15, 0.2) is 0 Å². The molecule has 0 aliphatic carbocycles. The van der Waals surface area contributed by atoms with Gasteiger partial charge in [0.05, 0.1) is 15.9 Å². The highest BCUT2D eigenvalue weighted by molar-refractivity contribution is 9.10. The molecule has 0 amide bonds. The van der Waals surface area contributed by atoms with Crippen molar-refractivity contribution in [3.05, 3.63) is 28.0 Å². The maximum atomic E-state index is 13.3. The van der Waals surface area contributed by atoms with Crippen LogP contribution in [0.4, 0.5) is 23.2 Å². The number of sulfonamides is 1. The van der Waals surface area contributed by atoms with E-state index in [1.165, 1.54) is 6.07 Å². The monoisotopic (exact) mass is 377 g/mol. The Balaban J connectivity index is 2.74. The van der Waals surface area contributed by atoms with Crippen LogP contribution in [-0.4, -0.2) is 20.3 Å². The second-order valence-electron chi connectivity index (χ2n) is 4.22. The molecule has 1 rings (SSSR count). The fourth-order valence-corrected chi connectivity index (χ4v) is 3.08. The zero-order valence-electron chi connectivity index (χ0n) is 10.4. The number of benzene rings is 1. The number of aryl methyl sites for hydroxylation is 1. The first kappa shape index (κ1) is 17.2. The van der Waals surface area contributed by atoms with E-state index < -0.39 is 40.6 Å². The van der Waals surface area contributed by atoms with Crippen molar-refractivity contribution in [2.24, 2.45) is 0 Å². The third-order valence-electron chi connectivity index (χ3n) is 2.41. The minimum absolute atomic E-state index is 0.0118. The topological polar surface area (TPSA) is 46.2 Å². The summed E-state index contributed by atoms with van der Waals surface area (Å²) in [5, 5.41) is 0. The van der Waals surface area contributed by atoms with E-state index in [0.29, 0.717) is 5.56 Å². The standard InChI is InChI=1S/C11H12BrF4NO2S/c1-7-5-8(12)9(13)6-10(7)17-20(18,19)4-2-3-11(14,15)16/h5-6,17H,2-4H2,1H3. The molecule has 0 saturated heterocycles. The highest BCUT2D eigenvalue weighted by Crippen LogP contribution is 2.25. The van der Waals surface area contributed by atoms with Crippen LogP contribution in [0.5, 0.6) is 0 Å². The Hall–Kier alpha value is -0.830. The number of alkyl halides is 3. The molecule has 0 radical (unpaired) electrons. The highest BCUT2D eigenvalue weighted by atomic mass is 79.9. The van der Waals surface area contributed by atoms with Crippen molar-refractivity contribution in [3.63, 3.8) is 0 Å². The van der Waals surface area contributed by atoms with Gasteiger partial charge in [-0.05, 0) is 47.0 Å². The minimum Gasteiger partial charge on any atom is -0.283 e. The summed E-state index contributed by atoms with van der Waals surface area (Å²) in [6.45, 7) is 1.55. The van der Waals surface area contributed by atoms with Crippen LogP contribution in [0, 0.1) is 12.7 Å². The first-order valence-corrected chi connectivity index (χ1v) is 7.97. The Morgan fingerprint density at radius 3 is 2.45 bits per heavy atom. The van der Waals surface area contributed by atoms with Crippen molar-refractivity contribution in [1.29, 1.82) is 0 Å². The maximum absolute atomic E-state index is 13.3. The molecule has 0 fully saturated rings. The predicted molar refractivity (Wildman–Crippen MR) is 71.5 cm³/mol. The summed E-state index contributed by atoms with van der Waals surface area (Å²) in [6.07, 6.45) is -6.12. The molecule has 0 saturated carbocycles. The van der Waals surface area contributed by atoms with Crippen molar-refractivity contribution in [1.82, 2.24) is 0 Å². The molecule has 3 nitrogen and oxygen atoms in total. The average Bonchev–Trinajstić information content (AvgIpc) is 2.23. The fourth-order valence-electron chi connectivity index (χ4n) is 1.44. The van der Waals surface area contributed by atoms with Crippen LogP contribution in [0.15, 0.2) is 16.6 Å². The average molecular weight is 378 g/mol. The molecule has 9 heteroatoms. The van der Waals surface area contributed by atoms with Crippen LogP contribution < -0.4 is 4.72 Å². The van der Waals surface area contributed by atoms with E-state index in [2.05, 4.69) is 20.7 Å². The molecule has 0 unspecified atom stereocenters. The first-order valence-electron chi connectivity index (χ1n) is 5.53. The summed E-state index contributed by atoms with van der Waals surface area (Å²) in [7, 11) is -3.94. The van der Waals surface area contributed by atoms with Crippen LogP contribution in [0.25, 0.3) is 0 Å². The molecule has 114 valence electrons.